The van der Waals surface area contributed by atoms with Crippen LogP contribution < -0.4 is 0 Å². The minimum atomic E-state index is -0.565. The molecule has 0 fully saturated rings. The summed E-state index contributed by atoms with van der Waals surface area (Å²) in [6.45, 7) is 7.52. The summed E-state index contributed by atoms with van der Waals surface area (Å²) in [5, 5.41) is 0. The van der Waals surface area contributed by atoms with Gasteiger partial charge < -0.3 is 14.2 Å². The summed E-state index contributed by atoms with van der Waals surface area (Å²) in [6.07, 6.45) is 76.7. The number of carbonyl (C=O) groups is 2. The Balaban J connectivity index is 4.35. The maximum absolute atomic E-state index is 12.8. The molecule has 66 heavy (non-hydrogen) atoms. The van der Waals surface area contributed by atoms with Gasteiger partial charge in [0.25, 0.3) is 0 Å². The van der Waals surface area contributed by atoms with Crippen molar-refractivity contribution in [2.45, 2.75) is 245 Å². The lowest BCUT2D eigenvalue weighted by Crippen LogP contribution is -2.30. The average molecular weight is 915 g/mol. The second-order valence-electron chi connectivity index (χ2n) is 17.7. The van der Waals surface area contributed by atoms with Gasteiger partial charge in [0, 0.05) is 19.4 Å². The number of unbranched alkanes of at least 4 members (excludes halogenated alkanes) is 20. The zero-order chi connectivity index (χ0) is 47.7. The van der Waals surface area contributed by atoms with Gasteiger partial charge in [-0.25, -0.2) is 0 Å². The van der Waals surface area contributed by atoms with Crippen molar-refractivity contribution < 1.29 is 23.8 Å². The van der Waals surface area contributed by atoms with E-state index in [0.29, 0.717) is 19.4 Å². The van der Waals surface area contributed by atoms with Crippen LogP contribution in [0.15, 0.2) is 109 Å². The zero-order valence-corrected chi connectivity index (χ0v) is 43.2. The second kappa shape index (κ2) is 55.9. The van der Waals surface area contributed by atoms with Crippen molar-refractivity contribution in [1.29, 1.82) is 0 Å². The fourth-order valence-corrected chi connectivity index (χ4v) is 7.25. The van der Waals surface area contributed by atoms with E-state index in [2.05, 4.69) is 130 Å². The molecule has 0 radical (unpaired) electrons. The van der Waals surface area contributed by atoms with Crippen molar-refractivity contribution in [3.05, 3.63) is 109 Å². The molecule has 0 amide bonds. The Kier molecular flexibility index (Phi) is 53.0. The Hall–Kier alpha value is -3.44. The van der Waals surface area contributed by atoms with Crippen LogP contribution in [0.5, 0.6) is 0 Å². The SMILES string of the molecule is CC/C=C\C/C=C\C/C=C\CCCCCCCC(=O)OCC(COCCCCCCCCC/C=C\C/C=C\C/C=C\CCCCC)OC(=O)CCCCCCC/C=C\C/C=C\C/C=C\CC. The topological polar surface area (TPSA) is 61.8 Å². The van der Waals surface area contributed by atoms with Crippen LogP contribution in [0, 0.1) is 0 Å². The van der Waals surface area contributed by atoms with Crippen molar-refractivity contribution in [3.8, 4) is 0 Å². The van der Waals surface area contributed by atoms with Crippen molar-refractivity contribution in [2.24, 2.45) is 0 Å². The molecular weight excluding hydrogens is 813 g/mol. The zero-order valence-electron chi connectivity index (χ0n) is 43.2. The van der Waals surface area contributed by atoms with Gasteiger partial charge in [-0.05, 0) is 122 Å². The predicted octanol–water partition coefficient (Wildman–Crippen LogP) is 18.8. The van der Waals surface area contributed by atoms with Crippen molar-refractivity contribution in [3.63, 3.8) is 0 Å². The third kappa shape index (κ3) is 53.2. The summed E-state index contributed by atoms with van der Waals surface area (Å²) in [5.74, 6) is -0.445. The minimum Gasteiger partial charge on any atom is -0.462 e. The van der Waals surface area contributed by atoms with E-state index in [-0.39, 0.29) is 25.2 Å². The minimum absolute atomic E-state index is 0.0590. The summed E-state index contributed by atoms with van der Waals surface area (Å²) in [5.41, 5.74) is 0. The fraction of sp³-hybridized carbons (Fsp3) is 0.672. The molecule has 376 valence electrons. The average Bonchev–Trinajstić information content (AvgIpc) is 3.32. The first-order valence-corrected chi connectivity index (χ1v) is 27.4. The molecule has 0 aromatic rings. The van der Waals surface area contributed by atoms with Crippen LogP contribution >= 0.6 is 0 Å². The number of rotatable bonds is 49. The Morgan fingerprint density at radius 3 is 1.09 bits per heavy atom. The molecule has 1 atom stereocenters. The summed E-state index contributed by atoms with van der Waals surface area (Å²) in [6, 6.07) is 0. The molecule has 0 N–H and O–H groups in total. The molecular formula is C61H102O5. The smallest absolute Gasteiger partial charge is 0.306 e. The van der Waals surface area contributed by atoms with E-state index >= 15 is 0 Å². The Morgan fingerprint density at radius 2 is 0.682 bits per heavy atom. The third-order valence-electron chi connectivity index (χ3n) is 11.3. The lowest BCUT2D eigenvalue weighted by atomic mass is 10.1. The first kappa shape index (κ1) is 62.6. The number of hydrogen-bond acceptors (Lipinski definition) is 5. The van der Waals surface area contributed by atoms with Gasteiger partial charge in [0.15, 0.2) is 6.10 Å². The third-order valence-corrected chi connectivity index (χ3v) is 11.3. The molecule has 0 aromatic heterocycles. The lowest BCUT2D eigenvalue weighted by molar-refractivity contribution is -0.163. The van der Waals surface area contributed by atoms with Gasteiger partial charge in [-0.2, -0.15) is 0 Å². The monoisotopic (exact) mass is 915 g/mol. The van der Waals surface area contributed by atoms with Crippen LogP contribution in [-0.4, -0.2) is 37.9 Å². The van der Waals surface area contributed by atoms with Gasteiger partial charge >= 0.3 is 11.9 Å². The van der Waals surface area contributed by atoms with E-state index in [9.17, 15) is 9.59 Å². The number of esters is 2. The quantitative estimate of drug-likeness (QED) is 0.0346. The number of carbonyl (C=O) groups excluding carboxylic acids is 2. The van der Waals surface area contributed by atoms with E-state index in [4.69, 9.17) is 14.2 Å². The number of hydrogen-bond donors (Lipinski definition) is 0. The number of allylic oxidation sites excluding steroid dienone is 18. The van der Waals surface area contributed by atoms with E-state index in [0.717, 1.165) is 116 Å². The van der Waals surface area contributed by atoms with Gasteiger partial charge in [-0.3, -0.25) is 9.59 Å². The highest BCUT2D eigenvalue weighted by Gasteiger charge is 2.17. The highest BCUT2D eigenvalue weighted by Crippen LogP contribution is 2.13. The van der Waals surface area contributed by atoms with Crippen molar-refractivity contribution >= 4 is 11.9 Å². The molecule has 0 aliphatic heterocycles. The largest absolute Gasteiger partial charge is 0.462 e. The van der Waals surface area contributed by atoms with E-state index in [1.165, 1.54) is 89.9 Å². The van der Waals surface area contributed by atoms with Crippen LogP contribution in [0.2, 0.25) is 0 Å². The maximum Gasteiger partial charge on any atom is 0.306 e. The Bertz CT molecular complexity index is 1310. The predicted molar refractivity (Wildman–Crippen MR) is 288 cm³/mol. The van der Waals surface area contributed by atoms with Crippen LogP contribution in [0.3, 0.4) is 0 Å². The van der Waals surface area contributed by atoms with Gasteiger partial charge in [0.1, 0.15) is 6.61 Å². The van der Waals surface area contributed by atoms with Crippen molar-refractivity contribution in [1.82, 2.24) is 0 Å². The van der Waals surface area contributed by atoms with Crippen LogP contribution in [-0.2, 0) is 23.8 Å². The summed E-state index contributed by atoms with van der Waals surface area (Å²) in [4.78, 5) is 25.5. The summed E-state index contributed by atoms with van der Waals surface area (Å²) >= 11 is 0. The molecule has 0 spiro atoms. The molecule has 1 unspecified atom stereocenters. The highest BCUT2D eigenvalue weighted by atomic mass is 16.6. The van der Waals surface area contributed by atoms with Crippen molar-refractivity contribution in [2.75, 3.05) is 19.8 Å². The Labute approximate surface area is 408 Å². The molecule has 0 aliphatic rings. The van der Waals surface area contributed by atoms with Gasteiger partial charge in [0.05, 0.1) is 6.61 Å². The normalized spacial score (nSPS) is 13.1. The maximum atomic E-state index is 12.8. The number of ether oxygens (including phenoxy) is 3. The molecule has 0 aliphatic carbocycles. The second-order valence-corrected chi connectivity index (χ2v) is 17.7. The van der Waals surface area contributed by atoms with Crippen LogP contribution in [0.25, 0.3) is 0 Å². The molecule has 0 aromatic carbocycles. The first-order chi connectivity index (χ1) is 32.6. The molecule has 0 rings (SSSR count). The van der Waals surface area contributed by atoms with E-state index in [1.54, 1.807) is 0 Å². The molecule has 0 heterocycles. The first-order valence-electron chi connectivity index (χ1n) is 27.4. The van der Waals surface area contributed by atoms with Crippen LogP contribution in [0.1, 0.15) is 239 Å². The molecule has 5 heteroatoms. The van der Waals surface area contributed by atoms with E-state index < -0.39 is 6.10 Å². The van der Waals surface area contributed by atoms with Crippen LogP contribution in [0.4, 0.5) is 0 Å². The molecule has 5 nitrogen and oxygen atoms in total. The Morgan fingerprint density at radius 1 is 0.348 bits per heavy atom. The molecule has 0 saturated carbocycles. The van der Waals surface area contributed by atoms with Gasteiger partial charge in [-0.1, -0.05) is 214 Å². The highest BCUT2D eigenvalue weighted by molar-refractivity contribution is 5.70. The van der Waals surface area contributed by atoms with Gasteiger partial charge in [-0.15, -0.1) is 0 Å². The summed E-state index contributed by atoms with van der Waals surface area (Å²) in [7, 11) is 0. The molecule has 0 saturated heterocycles. The lowest BCUT2D eigenvalue weighted by Gasteiger charge is -2.18. The van der Waals surface area contributed by atoms with Gasteiger partial charge in [0.2, 0.25) is 0 Å². The standard InChI is InChI=1S/C61H102O5/c1-4-7-10-13-16-19-22-25-28-29-30-31-32-35-38-41-44-47-50-53-56-64-57-59(66-61(63)55-52-49-46-43-40-37-34-27-24-21-18-15-12-9-6-3)58-65-60(62)54-51-48-45-42-39-36-33-26-23-20-17-14-11-8-5-2/h8-9,11-12,16-21,25-28,30-31,33-34,59H,4-7,10,13-15,22-24,29,32,35-58H2,1-3H3/b11-8-,12-9-,19-16-,20-17-,21-18-,28-25-,31-30-,33-26-,34-27-. The fourth-order valence-electron chi connectivity index (χ4n) is 7.25. The molecule has 0 bridgehead atoms. The summed E-state index contributed by atoms with van der Waals surface area (Å²) < 4.78 is 17.4. The van der Waals surface area contributed by atoms with E-state index in [1.807, 2.05) is 0 Å².